The number of likely N-dealkylation sites (N-methyl/N-ethyl adjacent to an activating group) is 2. The molecular weight excluding hydrogens is 322 g/mol. The third-order valence-corrected chi connectivity index (χ3v) is 3.66. The van der Waals surface area contributed by atoms with Crippen molar-refractivity contribution in [2.75, 3.05) is 32.1 Å². The molecule has 0 aliphatic heterocycles. The lowest BCUT2D eigenvalue weighted by molar-refractivity contribution is -0.127. The predicted molar refractivity (Wildman–Crippen MR) is 93.6 cm³/mol. The lowest BCUT2D eigenvalue weighted by atomic mass is 10.2. The molecule has 0 bridgehead atoms. The average Bonchev–Trinajstić information content (AvgIpc) is 2.60. The number of carbonyl (C=O) groups is 2. The minimum atomic E-state index is -0.495. The van der Waals surface area contributed by atoms with Gasteiger partial charge in [0.2, 0.25) is 17.7 Å². The molecule has 1 aromatic heterocycles. The molecule has 2 rings (SSSR count). The van der Waals surface area contributed by atoms with Gasteiger partial charge in [-0.05, 0) is 24.3 Å². The van der Waals surface area contributed by atoms with Gasteiger partial charge in [-0.25, -0.2) is 0 Å². The van der Waals surface area contributed by atoms with Crippen LogP contribution in [-0.4, -0.2) is 53.9 Å². The maximum absolute atomic E-state index is 11.2. The highest BCUT2D eigenvalue weighted by Crippen LogP contribution is 2.21. The SMILES string of the molecule is CC(=O)N(C)CCN(C)c1cncc(Oc2ccc(C(N)=O)cc2)n1. The Morgan fingerprint density at radius 3 is 2.40 bits per heavy atom. The van der Waals surface area contributed by atoms with Crippen LogP contribution in [0.25, 0.3) is 0 Å². The first-order valence-corrected chi connectivity index (χ1v) is 7.69. The second kappa shape index (κ2) is 8.09. The fourth-order valence-electron chi connectivity index (χ4n) is 1.95. The molecule has 0 radical (unpaired) electrons. The molecule has 1 heterocycles. The summed E-state index contributed by atoms with van der Waals surface area (Å²) < 4.78 is 5.65. The van der Waals surface area contributed by atoms with Crippen LogP contribution in [0.3, 0.4) is 0 Å². The summed E-state index contributed by atoms with van der Waals surface area (Å²) in [6.07, 6.45) is 3.12. The topological polar surface area (TPSA) is 102 Å². The van der Waals surface area contributed by atoms with Crippen molar-refractivity contribution in [3.8, 4) is 11.6 Å². The van der Waals surface area contributed by atoms with Gasteiger partial charge in [0.15, 0.2) is 5.82 Å². The normalized spacial score (nSPS) is 10.2. The van der Waals surface area contributed by atoms with Crippen molar-refractivity contribution in [3.05, 3.63) is 42.2 Å². The molecule has 0 saturated carbocycles. The Morgan fingerprint density at radius 1 is 1.12 bits per heavy atom. The largest absolute Gasteiger partial charge is 0.437 e. The van der Waals surface area contributed by atoms with Crippen LogP contribution < -0.4 is 15.4 Å². The second-order valence-corrected chi connectivity index (χ2v) is 5.57. The number of ether oxygens (including phenoxy) is 1. The first kappa shape index (κ1) is 18.2. The van der Waals surface area contributed by atoms with E-state index in [0.29, 0.717) is 36.1 Å². The fourth-order valence-corrected chi connectivity index (χ4v) is 1.95. The lowest BCUT2D eigenvalue weighted by Crippen LogP contribution is -2.33. The van der Waals surface area contributed by atoms with Crippen molar-refractivity contribution in [2.45, 2.75) is 6.92 Å². The summed E-state index contributed by atoms with van der Waals surface area (Å²) in [5, 5.41) is 0. The van der Waals surface area contributed by atoms with E-state index in [1.54, 1.807) is 42.4 Å². The maximum Gasteiger partial charge on any atom is 0.248 e. The van der Waals surface area contributed by atoms with E-state index in [2.05, 4.69) is 9.97 Å². The second-order valence-electron chi connectivity index (χ2n) is 5.57. The molecule has 0 spiro atoms. The zero-order valence-electron chi connectivity index (χ0n) is 14.5. The highest BCUT2D eigenvalue weighted by molar-refractivity contribution is 5.92. The number of primary amides is 1. The van der Waals surface area contributed by atoms with E-state index in [4.69, 9.17) is 10.5 Å². The molecular formula is C17H21N5O3. The maximum atomic E-state index is 11.2. The molecule has 2 N–H and O–H groups in total. The molecule has 1 aromatic carbocycles. The molecule has 8 nitrogen and oxygen atoms in total. The van der Waals surface area contributed by atoms with Crippen LogP contribution in [0, 0.1) is 0 Å². The molecule has 0 unspecified atom stereocenters. The van der Waals surface area contributed by atoms with Crippen LogP contribution in [-0.2, 0) is 4.79 Å². The number of hydrogen-bond acceptors (Lipinski definition) is 6. The van der Waals surface area contributed by atoms with Crippen LogP contribution in [0.5, 0.6) is 11.6 Å². The van der Waals surface area contributed by atoms with Gasteiger partial charge < -0.3 is 20.3 Å². The summed E-state index contributed by atoms with van der Waals surface area (Å²) in [4.78, 5) is 34.4. The summed E-state index contributed by atoms with van der Waals surface area (Å²) >= 11 is 0. The third-order valence-electron chi connectivity index (χ3n) is 3.66. The Labute approximate surface area is 146 Å². The monoisotopic (exact) mass is 343 g/mol. The van der Waals surface area contributed by atoms with Crippen molar-refractivity contribution in [3.63, 3.8) is 0 Å². The van der Waals surface area contributed by atoms with E-state index < -0.39 is 5.91 Å². The molecule has 0 aliphatic rings. The predicted octanol–water partition coefficient (Wildman–Crippen LogP) is 1.28. The Kier molecular flexibility index (Phi) is 5.89. The van der Waals surface area contributed by atoms with Gasteiger partial charge >= 0.3 is 0 Å². The molecule has 0 aliphatic carbocycles. The quantitative estimate of drug-likeness (QED) is 0.812. The first-order valence-electron chi connectivity index (χ1n) is 7.69. The van der Waals surface area contributed by atoms with Gasteiger partial charge in [-0.1, -0.05) is 0 Å². The highest BCUT2D eigenvalue weighted by atomic mass is 16.5. The minimum Gasteiger partial charge on any atom is -0.437 e. The number of nitrogens with zero attached hydrogens (tertiary/aromatic N) is 4. The number of benzene rings is 1. The Morgan fingerprint density at radius 2 is 1.80 bits per heavy atom. The number of rotatable bonds is 7. The fraction of sp³-hybridized carbons (Fsp3) is 0.294. The molecule has 0 atom stereocenters. The van der Waals surface area contributed by atoms with Crippen molar-refractivity contribution in [1.29, 1.82) is 0 Å². The number of anilines is 1. The van der Waals surface area contributed by atoms with Crippen molar-refractivity contribution in [2.24, 2.45) is 5.73 Å². The molecule has 25 heavy (non-hydrogen) atoms. The summed E-state index contributed by atoms with van der Waals surface area (Å²) in [6.45, 7) is 2.71. The van der Waals surface area contributed by atoms with Gasteiger partial charge in [0.05, 0.1) is 12.4 Å². The number of carbonyl (C=O) groups excluding carboxylic acids is 2. The van der Waals surface area contributed by atoms with Gasteiger partial charge in [-0.2, -0.15) is 4.98 Å². The van der Waals surface area contributed by atoms with E-state index in [0.717, 1.165) is 0 Å². The van der Waals surface area contributed by atoms with E-state index in [9.17, 15) is 9.59 Å². The van der Waals surface area contributed by atoms with E-state index in [1.807, 2.05) is 11.9 Å². The van der Waals surface area contributed by atoms with Gasteiger partial charge in [-0.3, -0.25) is 14.6 Å². The Bertz CT molecular complexity index is 748. The van der Waals surface area contributed by atoms with Gasteiger partial charge in [0.1, 0.15) is 5.75 Å². The number of aromatic nitrogens is 2. The van der Waals surface area contributed by atoms with Crippen LogP contribution in [0.2, 0.25) is 0 Å². The zero-order valence-corrected chi connectivity index (χ0v) is 14.5. The summed E-state index contributed by atoms with van der Waals surface area (Å²) in [7, 11) is 3.61. The van der Waals surface area contributed by atoms with E-state index in [-0.39, 0.29) is 5.91 Å². The number of nitrogens with two attached hydrogens (primary N) is 1. The van der Waals surface area contributed by atoms with E-state index >= 15 is 0 Å². The molecule has 2 aromatic rings. The number of amides is 2. The smallest absolute Gasteiger partial charge is 0.248 e. The van der Waals surface area contributed by atoms with Crippen molar-refractivity contribution < 1.29 is 14.3 Å². The third kappa shape index (κ3) is 5.17. The molecule has 8 heteroatoms. The standard InChI is InChI=1S/C17H21N5O3/c1-12(23)21(2)8-9-22(3)15-10-19-11-16(20-15)25-14-6-4-13(5-7-14)17(18)24/h4-7,10-11H,8-9H2,1-3H3,(H2,18,24). The van der Waals surface area contributed by atoms with Gasteiger partial charge in [0.25, 0.3) is 0 Å². The highest BCUT2D eigenvalue weighted by Gasteiger charge is 2.09. The van der Waals surface area contributed by atoms with Gasteiger partial charge in [-0.15, -0.1) is 0 Å². The Hall–Kier alpha value is -3.16. The molecule has 0 saturated heterocycles. The summed E-state index contributed by atoms with van der Waals surface area (Å²) in [6, 6.07) is 6.44. The first-order chi connectivity index (χ1) is 11.9. The van der Waals surface area contributed by atoms with Crippen LogP contribution in [0.4, 0.5) is 5.82 Å². The van der Waals surface area contributed by atoms with Crippen molar-refractivity contribution in [1.82, 2.24) is 14.9 Å². The van der Waals surface area contributed by atoms with Crippen LogP contribution >= 0.6 is 0 Å². The molecule has 2 amide bonds. The molecule has 0 fully saturated rings. The average molecular weight is 343 g/mol. The summed E-state index contributed by atoms with van der Waals surface area (Å²) in [5.74, 6) is 0.996. The minimum absolute atomic E-state index is 0.0102. The van der Waals surface area contributed by atoms with E-state index in [1.165, 1.54) is 13.1 Å². The summed E-state index contributed by atoms with van der Waals surface area (Å²) in [5.41, 5.74) is 5.61. The van der Waals surface area contributed by atoms with Crippen LogP contribution in [0.15, 0.2) is 36.7 Å². The number of hydrogen-bond donors (Lipinski definition) is 1. The lowest BCUT2D eigenvalue weighted by Gasteiger charge is -2.22. The van der Waals surface area contributed by atoms with Gasteiger partial charge in [0, 0.05) is 39.7 Å². The Balaban J connectivity index is 2.02. The molecule has 132 valence electrons. The van der Waals surface area contributed by atoms with Crippen LogP contribution in [0.1, 0.15) is 17.3 Å². The zero-order chi connectivity index (χ0) is 18.4. The van der Waals surface area contributed by atoms with Crippen molar-refractivity contribution >= 4 is 17.6 Å².